The van der Waals surface area contributed by atoms with Crippen molar-refractivity contribution in [1.29, 1.82) is 10.5 Å². The summed E-state index contributed by atoms with van der Waals surface area (Å²) in [6, 6.07) is 38.8. The molecule has 0 aliphatic heterocycles. The van der Waals surface area contributed by atoms with Gasteiger partial charge in [-0.05, 0) is 149 Å². The number of fused-ring (bicyclic) bond motifs is 4. The second kappa shape index (κ2) is 25.1. The summed E-state index contributed by atoms with van der Waals surface area (Å²) in [6.45, 7) is 27.4. The minimum Gasteiger partial charge on any atom is -0.369 e. The first-order chi connectivity index (χ1) is 40.7. The number of nitrogens with zero attached hydrogens (tertiary/aromatic N) is 8. The van der Waals surface area contributed by atoms with Gasteiger partial charge >= 0.3 is 0 Å². The van der Waals surface area contributed by atoms with Crippen molar-refractivity contribution < 1.29 is 35.8 Å². The molecule has 0 saturated heterocycles. The second-order valence-corrected chi connectivity index (χ2v) is 39.5. The monoisotopic (exact) mass is 1230 g/mol. The highest BCUT2D eigenvalue weighted by atomic mass is 32.2. The van der Waals surface area contributed by atoms with E-state index in [1.807, 2.05) is 93.1 Å². The van der Waals surface area contributed by atoms with Gasteiger partial charge < -0.3 is 28.1 Å². The van der Waals surface area contributed by atoms with Crippen LogP contribution in [0.4, 0.5) is 0 Å². The van der Waals surface area contributed by atoms with Crippen molar-refractivity contribution in [1.82, 2.24) is 27.0 Å². The van der Waals surface area contributed by atoms with Crippen molar-refractivity contribution in [3.05, 3.63) is 189 Å². The Morgan fingerprint density at radius 1 is 0.500 bits per heavy atom. The summed E-state index contributed by atoms with van der Waals surface area (Å²) < 4.78 is 86.6. The Balaban J connectivity index is 0.000000205. The van der Waals surface area contributed by atoms with E-state index in [1.54, 1.807) is 93.3 Å². The van der Waals surface area contributed by atoms with Crippen molar-refractivity contribution in [2.75, 3.05) is 27.4 Å². The van der Waals surface area contributed by atoms with E-state index in [-0.39, 0.29) is 23.3 Å². The van der Waals surface area contributed by atoms with Gasteiger partial charge in [-0.1, -0.05) is 86.8 Å². The van der Waals surface area contributed by atoms with E-state index in [0.717, 1.165) is 83.9 Å². The number of nitriles is 2. The van der Waals surface area contributed by atoms with Gasteiger partial charge in [0.05, 0.1) is 66.2 Å². The van der Waals surface area contributed by atoms with Crippen molar-refractivity contribution >= 4 is 80.1 Å². The Hall–Kier alpha value is -7.51. The third-order valence-electron chi connectivity index (χ3n) is 15.6. The molecule has 10 rings (SSSR count). The van der Waals surface area contributed by atoms with Crippen molar-refractivity contribution in [2.45, 2.75) is 128 Å². The first kappa shape index (κ1) is 63.0. The standard InChI is InChI=1S/2C33H38N4O4SSi/c1-22-8-11-26(12-9-22)42(38,39)37-15-14-27-30(23(2)18-24(3)31(27)37)32(40-4)33-35-28-19-25(20-34)10-13-29(28)36(33)21-41-16-17-43(5,6)7;1-22-8-11-26(12-9-22)42(38,39)37-15-14-27-30(23(2)18-24(3)31(27)37)32(40-4)33-35-28-13-10-25(20-34)19-29(28)36(33)21-41-16-17-43(5,6)7/h2*8-15,18-19,32H,16-17,21H2,1-7H3. The first-order valence-electron chi connectivity index (χ1n) is 28.6. The molecule has 86 heavy (non-hydrogen) atoms. The van der Waals surface area contributed by atoms with Crippen LogP contribution < -0.4 is 0 Å². The summed E-state index contributed by atoms with van der Waals surface area (Å²) in [5, 5.41) is 20.7. The van der Waals surface area contributed by atoms with E-state index < -0.39 is 48.4 Å². The minimum atomic E-state index is -3.84. The number of benzene rings is 6. The molecular formula is C66H76N8O8S2Si2. The van der Waals surface area contributed by atoms with Crippen LogP contribution in [-0.4, -0.2) is 87.5 Å². The zero-order valence-electron chi connectivity index (χ0n) is 51.6. The predicted octanol–water partition coefficient (Wildman–Crippen LogP) is 14.1. The molecule has 4 heterocycles. The highest BCUT2D eigenvalue weighted by molar-refractivity contribution is 7.90. The summed E-state index contributed by atoms with van der Waals surface area (Å²) in [4.78, 5) is 10.4. The maximum absolute atomic E-state index is 13.8. The van der Waals surface area contributed by atoms with Crippen LogP contribution in [0.25, 0.3) is 43.9 Å². The molecule has 2 atom stereocenters. The Kier molecular flexibility index (Phi) is 18.4. The molecule has 10 aromatic rings. The van der Waals surface area contributed by atoms with Gasteiger partial charge in [0.25, 0.3) is 20.0 Å². The number of rotatable bonds is 20. The highest BCUT2D eigenvalue weighted by Gasteiger charge is 2.32. The fourth-order valence-electron chi connectivity index (χ4n) is 11.0. The molecule has 0 radical (unpaired) electrons. The molecule has 0 spiro atoms. The molecule has 448 valence electrons. The number of aromatic nitrogens is 6. The average Bonchev–Trinajstić information content (AvgIpc) is 1.72. The van der Waals surface area contributed by atoms with Crippen LogP contribution in [0, 0.1) is 64.2 Å². The van der Waals surface area contributed by atoms with Crippen LogP contribution >= 0.6 is 0 Å². The van der Waals surface area contributed by atoms with Crippen LogP contribution in [0.1, 0.15) is 79.5 Å². The van der Waals surface area contributed by atoms with Crippen molar-refractivity contribution in [3.63, 3.8) is 0 Å². The number of aryl methyl sites for hydroxylation is 6. The molecule has 2 unspecified atom stereocenters. The van der Waals surface area contributed by atoms with E-state index in [2.05, 4.69) is 51.4 Å². The largest absolute Gasteiger partial charge is 0.369 e. The van der Waals surface area contributed by atoms with Gasteiger partial charge in [-0.25, -0.2) is 34.7 Å². The number of methoxy groups -OCH3 is 2. The Bertz CT molecular complexity index is 4330. The molecular weight excluding hydrogens is 1150 g/mol. The number of imidazole rings is 2. The van der Waals surface area contributed by atoms with E-state index in [9.17, 15) is 27.4 Å². The van der Waals surface area contributed by atoms with E-state index >= 15 is 0 Å². The van der Waals surface area contributed by atoms with Gasteiger partial charge in [0.2, 0.25) is 0 Å². The predicted molar refractivity (Wildman–Crippen MR) is 345 cm³/mol. The average molecular weight is 1230 g/mol. The molecule has 0 bridgehead atoms. The zero-order valence-corrected chi connectivity index (χ0v) is 55.2. The third-order valence-corrected chi connectivity index (χ3v) is 22.4. The fraction of sp³-hybridized carbons (Fsp3) is 0.333. The molecule has 16 nitrogen and oxygen atoms in total. The van der Waals surface area contributed by atoms with Gasteiger partial charge in [0, 0.05) is 77.9 Å². The number of hydrogen-bond acceptors (Lipinski definition) is 12. The van der Waals surface area contributed by atoms with Crippen LogP contribution in [-0.2, 0) is 52.5 Å². The van der Waals surface area contributed by atoms with Gasteiger partial charge in [-0.15, -0.1) is 0 Å². The van der Waals surface area contributed by atoms with Crippen LogP contribution in [0.15, 0.2) is 131 Å². The summed E-state index contributed by atoms with van der Waals surface area (Å²) in [6.07, 6.45) is 1.98. The SMILES string of the molecule is COC(c1c(C)cc(C)c2c1ccn2S(=O)(=O)c1ccc(C)cc1)c1nc2cc(C#N)ccc2n1COCC[Si](C)(C)C.COC(c1c(C)cc(C)c2c1ccn2S(=O)(=O)c1ccc(C)cc1)c1nc2ccc(C#N)cc2n1COCC[Si](C)(C)C. The lowest BCUT2D eigenvalue weighted by molar-refractivity contribution is 0.0740. The molecule has 0 aliphatic carbocycles. The topological polar surface area (TPSA) is 198 Å². The Labute approximate surface area is 507 Å². The molecule has 0 fully saturated rings. The van der Waals surface area contributed by atoms with Crippen molar-refractivity contribution in [3.8, 4) is 12.1 Å². The molecule has 20 heteroatoms. The van der Waals surface area contributed by atoms with Gasteiger partial charge in [0.15, 0.2) is 0 Å². The van der Waals surface area contributed by atoms with E-state index in [1.165, 1.54) is 7.94 Å². The quantitative estimate of drug-likeness (QED) is 0.0517. The third kappa shape index (κ3) is 12.8. The van der Waals surface area contributed by atoms with E-state index in [4.69, 9.17) is 28.9 Å². The maximum atomic E-state index is 13.8. The van der Waals surface area contributed by atoms with Gasteiger partial charge in [-0.3, -0.25) is 0 Å². The molecule has 6 aromatic carbocycles. The van der Waals surface area contributed by atoms with Crippen LogP contribution in [0.5, 0.6) is 0 Å². The lowest BCUT2D eigenvalue weighted by Crippen LogP contribution is -2.22. The van der Waals surface area contributed by atoms with Crippen LogP contribution in [0.3, 0.4) is 0 Å². The Morgan fingerprint density at radius 2 is 0.907 bits per heavy atom. The van der Waals surface area contributed by atoms with Gasteiger partial charge in [0.1, 0.15) is 37.3 Å². The lowest BCUT2D eigenvalue weighted by atomic mass is 9.95. The summed E-state index contributed by atoms with van der Waals surface area (Å²) >= 11 is 0. The zero-order chi connectivity index (χ0) is 62.2. The number of hydrogen-bond donors (Lipinski definition) is 0. The smallest absolute Gasteiger partial charge is 0.268 e. The van der Waals surface area contributed by atoms with Crippen molar-refractivity contribution in [2.24, 2.45) is 0 Å². The summed E-state index contributed by atoms with van der Waals surface area (Å²) in [7, 11) is -7.01. The molecule has 0 N–H and O–H groups in total. The lowest BCUT2D eigenvalue weighted by Gasteiger charge is -2.22. The maximum Gasteiger partial charge on any atom is 0.268 e. The van der Waals surface area contributed by atoms with E-state index in [0.29, 0.717) is 52.5 Å². The molecule has 0 aliphatic rings. The Morgan fingerprint density at radius 3 is 1.33 bits per heavy atom. The second-order valence-electron chi connectivity index (χ2n) is 24.6. The fourth-order valence-corrected chi connectivity index (χ4v) is 15.4. The molecule has 0 saturated carbocycles. The molecule has 0 amide bonds. The highest BCUT2D eigenvalue weighted by Crippen LogP contribution is 2.41. The summed E-state index contributed by atoms with van der Waals surface area (Å²) in [5.74, 6) is 1.26. The summed E-state index contributed by atoms with van der Waals surface area (Å²) in [5.41, 5.74) is 12.5. The first-order valence-corrected chi connectivity index (χ1v) is 38.9. The number of ether oxygens (including phenoxy) is 4. The van der Waals surface area contributed by atoms with Gasteiger partial charge in [-0.2, -0.15) is 10.5 Å². The minimum absolute atomic E-state index is 0.228. The van der Waals surface area contributed by atoms with Crippen LogP contribution in [0.2, 0.25) is 51.4 Å². The normalized spacial score (nSPS) is 13.1. The molecule has 4 aromatic heterocycles.